The molecule has 0 spiro atoms. The zero-order chi connectivity index (χ0) is 12.1. The van der Waals surface area contributed by atoms with Crippen molar-refractivity contribution in [3.63, 3.8) is 0 Å². The van der Waals surface area contributed by atoms with Gasteiger partial charge in [0.25, 0.3) is 0 Å². The second kappa shape index (κ2) is 5.50. The van der Waals surface area contributed by atoms with Crippen molar-refractivity contribution in [1.29, 1.82) is 0 Å². The Morgan fingerprint density at radius 3 is 2.47 bits per heavy atom. The molecule has 1 aromatic carbocycles. The Kier molecular flexibility index (Phi) is 4.01. The second-order valence-electron chi connectivity index (χ2n) is 5.74. The molecular weight excluding hydrogens is 206 g/mol. The van der Waals surface area contributed by atoms with E-state index in [2.05, 4.69) is 56.5 Å². The minimum Gasteiger partial charge on any atom is -0.323 e. The molecule has 0 radical (unpaired) electrons. The van der Waals surface area contributed by atoms with Crippen molar-refractivity contribution in [1.82, 2.24) is 0 Å². The van der Waals surface area contributed by atoms with E-state index in [1.807, 2.05) is 0 Å². The van der Waals surface area contributed by atoms with Crippen LogP contribution >= 0.6 is 0 Å². The number of likely N-dealkylation sites (tertiary alicyclic amines) is 1. The average Bonchev–Trinajstić information content (AvgIpc) is 2.35. The maximum Gasteiger partial charge on any atom is 0.0974 e. The van der Waals surface area contributed by atoms with E-state index in [1.165, 1.54) is 42.5 Å². The Morgan fingerprint density at radius 2 is 1.82 bits per heavy atom. The molecule has 17 heavy (non-hydrogen) atoms. The zero-order valence-electron chi connectivity index (χ0n) is 11.1. The summed E-state index contributed by atoms with van der Waals surface area (Å²) in [4.78, 5) is 0. The van der Waals surface area contributed by atoms with E-state index in [-0.39, 0.29) is 0 Å². The fourth-order valence-electron chi connectivity index (χ4n) is 2.51. The Labute approximate surface area is 105 Å². The number of likely N-dealkylation sites (N-methyl/N-ethyl adjacent to an activating group) is 1. The van der Waals surface area contributed by atoms with Crippen LogP contribution in [-0.4, -0.2) is 31.2 Å². The quantitative estimate of drug-likeness (QED) is 0.696. The van der Waals surface area contributed by atoms with Gasteiger partial charge in [-0.2, -0.15) is 0 Å². The van der Waals surface area contributed by atoms with E-state index in [0.29, 0.717) is 0 Å². The van der Waals surface area contributed by atoms with Crippen molar-refractivity contribution in [3.05, 3.63) is 42.0 Å². The van der Waals surface area contributed by atoms with E-state index >= 15 is 0 Å². The SMILES string of the molecule is CC1CC[N+](C)(CC=Cc2ccccc2)CC1. The van der Waals surface area contributed by atoms with Gasteiger partial charge in [0.15, 0.2) is 0 Å². The van der Waals surface area contributed by atoms with Crippen LogP contribution in [0.4, 0.5) is 0 Å². The lowest BCUT2D eigenvalue weighted by molar-refractivity contribution is -0.909. The molecule has 92 valence electrons. The molecule has 2 rings (SSSR count). The fourth-order valence-corrected chi connectivity index (χ4v) is 2.51. The van der Waals surface area contributed by atoms with Crippen molar-refractivity contribution in [2.24, 2.45) is 5.92 Å². The molecular formula is C16H24N+. The molecule has 0 N–H and O–H groups in total. The summed E-state index contributed by atoms with van der Waals surface area (Å²) in [5.74, 6) is 0.930. The topological polar surface area (TPSA) is 0 Å². The van der Waals surface area contributed by atoms with E-state index in [1.54, 1.807) is 0 Å². The molecule has 1 aliphatic heterocycles. The van der Waals surface area contributed by atoms with Crippen LogP contribution in [0, 0.1) is 5.92 Å². The van der Waals surface area contributed by atoms with Crippen LogP contribution in [0.2, 0.25) is 0 Å². The highest BCUT2D eigenvalue weighted by atomic mass is 15.3. The van der Waals surface area contributed by atoms with Gasteiger partial charge < -0.3 is 4.48 Å². The van der Waals surface area contributed by atoms with E-state index < -0.39 is 0 Å². The van der Waals surface area contributed by atoms with Crippen molar-refractivity contribution >= 4 is 6.08 Å². The van der Waals surface area contributed by atoms with Crippen LogP contribution in [0.25, 0.3) is 6.08 Å². The molecule has 1 aromatic rings. The monoisotopic (exact) mass is 230 g/mol. The first-order valence-electron chi connectivity index (χ1n) is 6.73. The summed E-state index contributed by atoms with van der Waals surface area (Å²) in [6.07, 6.45) is 7.36. The van der Waals surface area contributed by atoms with Crippen molar-refractivity contribution in [3.8, 4) is 0 Å². The van der Waals surface area contributed by atoms with Crippen LogP contribution in [0.5, 0.6) is 0 Å². The zero-order valence-corrected chi connectivity index (χ0v) is 11.1. The summed E-state index contributed by atoms with van der Waals surface area (Å²) in [6.45, 7) is 6.21. The molecule has 1 fully saturated rings. The first-order chi connectivity index (χ1) is 8.18. The van der Waals surface area contributed by atoms with Crippen LogP contribution in [0.1, 0.15) is 25.3 Å². The lowest BCUT2D eigenvalue weighted by atomic mass is 9.97. The molecule has 0 atom stereocenters. The largest absolute Gasteiger partial charge is 0.323 e. The summed E-state index contributed by atoms with van der Waals surface area (Å²) in [6, 6.07) is 10.6. The molecule has 1 aliphatic rings. The molecule has 1 saturated heterocycles. The average molecular weight is 230 g/mol. The molecule has 0 saturated carbocycles. The van der Waals surface area contributed by atoms with Crippen LogP contribution in [-0.2, 0) is 0 Å². The third kappa shape index (κ3) is 3.71. The predicted octanol–water partition coefficient (Wildman–Crippen LogP) is 3.58. The van der Waals surface area contributed by atoms with Gasteiger partial charge in [0, 0.05) is 0 Å². The van der Waals surface area contributed by atoms with Crippen molar-refractivity contribution in [2.45, 2.75) is 19.8 Å². The molecule has 1 heteroatoms. The number of quaternary nitrogens is 1. The Bertz CT molecular complexity index is 358. The minimum atomic E-state index is 0.930. The van der Waals surface area contributed by atoms with Crippen molar-refractivity contribution in [2.75, 3.05) is 26.7 Å². The van der Waals surface area contributed by atoms with Gasteiger partial charge in [-0.15, -0.1) is 0 Å². The smallest absolute Gasteiger partial charge is 0.0974 e. The molecule has 0 bridgehead atoms. The van der Waals surface area contributed by atoms with Gasteiger partial charge in [0.05, 0.1) is 26.7 Å². The maximum atomic E-state index is 2.39. The Balaban J connectivity index is 1.87. The Morgan fingerprint density at radius 1 is 1.18 bits per heavy atom. The van der Waals surface area contributed by atoms with Gasteiger partial charge in [-0.25, -0.2) is 0 Å². The highest BCUT2D eigenvalue weighted by Gasteiger charge is 2.26. The summed E-state index contributed by atoms with van der Waals surface area (Å²) in [5.41, 5.74) is 1.31. The maximum absolute atomic E-state index is 2.39. The molecule has 0 aromatic heterocycles. The second-order valence-corrected chi connectivity index (χ2v) is 5.74. The minimum absolute atomic E-state index is 0.930. The summed E-state index contributed by atoms with van der Waals surface area (Å²) >= 11 is 0. The summed E-state index contributed by atoms with van der Waals surface area (Å²) < 4.78 is 1.22. The van der Waals surface area contributed by atoms with Gasteiger partial charge in [0.1, 0.15) is 0 Å². The summed E-state index contributed by atoms with van der Waals surface area (Å²) in [7, 11) is 2.39. The number of piperidine rings is 1. The lowest BCUT2D eigenvalue weighted by Gasteiger charge is -2.39. The van der Waals surface area contributed by atoms with E-state index in [9.17, 15) is 0 Å². The van der Waals surface area contributed by atoms with Crippen molar-refractivity contribution < 1.29 is 4.48 Å². The van der Waals surface area contributed by atoms with Crippen LogP contribution in [0.15, 0.2) is 36.4 Å². The van der Waals surface area contributed by atoms with Crippen LogP contribution in [0.3, 0.4) is 0 Å². The number of rotatable bonds is 3. The molecule has 0 amide bonds. The normalized spacial score (nSPS) is 29.6. The number of nitrogens with zero attached hydrogens (tertiary/aromatic N) is 1. The van der Waals surface area contributed by atoms with Crippen LogP contribution < -0.4 is 0 Å². The van der Waals surface area contributed by atoms with Gasteiger partial charge >= 0.3 is 0 Å². The van der Waals surface area contributed by atoms with Gasteiger partial charge in [-0.3, -0.25) is 0 Å². The van der Waals surface area contributed by atoms with E-state index in [0.717, 1.165) is 5.92 Å². The lowest BCUT2D eigenvalue weighted by Crippen LogP contribution is -2.49. The molecule has 0 unspecified atom stereocenters. The standard InChI is InChI=1S/C16H24N/c1-15-10-13-17(2,14-11-15)12-6-9-16-7-4-3-5-8-16/h3-9,15H,10-14H2,1-2H3/q+1. The first-order valence-corrected chi connectivity index (χ1v) is 6.73. The predicted molar refractivity (Wildman–Crippen MR) is 74.7 cm³/mol. The number of hydrogen-bond donors (Lipinski definition) is 0. The van der Waals surface area contributed by atoms with Gasteiger partial charge in [-0.1, -0.05) is 43.3 Å². The molecule has 0 aliphatic carbocycles. The third-order valence-corrected chi connectivity index (χ3v) is 3.98. The van der Waals surface area contributed by atoms with E-state index in [4.69, 9.17) is 0 Å². The highest BCUT2D eigenvalue weighted by molar-refractivity contribution is 5.48. The van der Waals surface area contributed by atoms with Gasteiger partial charge in [-0.05, 0) is 30.4 Å². The first kappa shape index (κ1) is 12.4. The number of hydrogen-bond acceptors (Lipinski definition) is 0. The highest BCUT2D eigenvalue weighted by Crippen LogP contribution is 2.21. The van der Waals surface area contributed by atoms with Gasteiger partial charge in [0.2, 0.25) is 0 Å². The Hall–Kier alpha value is -1.08. The molecule has 1 nitrogen and oxygen atoms in total. The molecule has 1 heterocycles. The third-order valence-electron chi connectivity index (χ3n) is 3.98. The fraction of sp³-hybridized carbons (Fsp3) is 0.500. The number of benzene rings is 1. The summed E-state index contributed by atoms with van der Waals surface area (Å²) in [5, 5.41) is 0.